The van der Waals surface area contributed by atoms with Crippen molar-refractivity contribution in [1.82, 2.24) is 15.5 Å². The number of hydrogen-bond acceptors (Lipinski definition) is 4. The standard InChI is InChI=1S/C18H23ClN4O/c1-2-3-4-12-21-18(24)16-9-10-17(23-22-16)20-13-11-14-5-7-15(19)8-6-14/h5-10H,2-4,11-13H2,1H3,(H,20,23)(H,21,24). The van der Waals surface area contributed by atoms with E-state index in [4.69, 9.17) is 11.6 Å². The second-order valence-electron chi connectivity index (χ2n) is 5.57. The van der Waals surface area contributed by atoms with E-state index in [0.29, 0.717) is 18.1 Å². The lowest BCUT2D eigenvalue weighted by molar-refractivity contribution is 0.0947. The lowest BCUT2D eigenvalue weighted by atomic mass is 10.1. The Labute approximate surface area is 147 Å². The number of halogens is 1. The first-order valence-electron chi connectivity index (χ1n) is 8.29. The maximum atomic E-state index is 11.9. The van der Waals surface area contributed by atoms with Crippen LogP contribution in [0.5, 0.6) is 0 Å². The van der Waals surface area contributed by atoms with Crippen molar-refractivity contribution in [3.63, 3.8) is 0 Å². The van der Waals surface area contributed by atoms with Crippen LogP contribution in [0.1, 0.15) is 42.2 Å². The van der Waals surface area contributed by atoms with E-state index in [0.717, 1.165) is 37.3 Å². The summed E-state index contributed by atoms with van der Waals surface area (Å²) in [6.07, 6.45) is 4.09. The molecule has 0 fully saturated rings. The van der Waals surface area contributed by atoms with Gasteiger partial charge in [-0.3, -0.25) is 4.79 Å². The highest BCUT2D eigenvalue weighted by Gasteiger charge is 2.07. The number of amides is 1. The molecule has 24 heavy (non-hydrogen) atoms. The molecule has 0 unspecified atom stereocenters. The van der Waals surface area contributed by atoms with Crippen molar-refractivity contribution in [1.29, 1.82) is 0 Å². The van der Waals surface area contributed by atoms with E-state index < -0.39 is 0 Å². The molecule has 1 aromatic heterocycles. The minimum absolute atomic E-state index is 0.175. The summed E-state index contributed by atoms with van der Waals surface area (Å²) in [5.41, 5.74) is 1.54. The van der Waals surface area contributed by atoms with E-state index in [9.17, 15) is 4.79 Å². The van der Waals surface area contributed by atoms with E-state index in [1.165, 1.54) is 5.56 Å². The number of nitrogens with one attached hydrogen (secondary N) is 2. The Morgan fingerprint density at radius 2 is 1.83 bits per heavy atom. The lowest BCUT2D eigenvalue weighted by Gasteiger charge is -2.07. The van der Waals surface area contributed by atoms with Crippen molar-refractivity contribution >= 4 is 23.3 Å². The molecule has 0 atom stereocenters. The van der Waals surface area contributed by atoms with Crippen LogP contribution in [0.4, 0.5) is 5.82 Å². The molecule has 1 amide bonds. The summed E-state index contributed by atoms with van der Waals surface area (Å²) in [7, 11) is 0. The number of hydrogen-bond donors (Lipinski definition) is 2. The molecule has 2 aromatic rings. The van der Waals surface area contributed by atoms with Crippen LogP contribution < -0.4 is 10.6 Å². The van der Waals surface area contributed by atoms with Gasteiger partial charge in [0.1, 0.15) is 5.82 Å². The number of nitrogens with zero attached hydrogens (tertiary/aromatic N) is 2. The summed E-state index contributed by atoms with van der Waals surface area (Å²) in [6.45, 7) is 3.54. The van der Waals surface area contributed by atoms with Gasteiger partial charge >= 0.3 is 0 Å². The third kappa shape index (κ3) is 6.16. The molecule has 0 saturated heterocycles. The fraction of sp³-hybridized carbons (Fsp3) is 0.389. The van der Waals surface area contributed by atoms with Gasteiger partial charge in [0.2, 0.25) is 0 Å². The molecule has 0 radical (unpaired) electrons. The van der Waals surface area contributed by atoms with Crippen LogP contribution in [0.2, 0.25) is 5.02 Å². The zero-order chi connectivity index (χ0) is 17.2. The van der Waals surface area contributed by atoms with Crippen LogP contribution in [0, 0.1) is 0 Å². The molecular weight excluding hydrogens is 324 g/mol. The molecule has 0 aliphatic carbocycles. The van der Waals surface area contributed by atoms with Gasteiger partial charge in [0.15, 0.2) is 5.69 Å². The van der Waals surface area contributed by atoms with Crippen molar-refractivity contribution in [2.24, 2.45) is 0 Å². The molecule has 0 aliphatic heterocycles. The highest BCUT2D eigenvalue weighted by molar-refractivity contribution is 6.30. The van der Waals surface area contributed by atoms with Gasteiger partial charge in [0, 0.05) is 18.1 Å². The predicted octanol–water partition coefficient (Wildman–Crippen LogP) is 3.70. The first-order valence-corrected chi connectivity index (χ1v) is 8.67. The molecule has 0 saturated carbocycles. The molecule has 0 bridgehead atoms. The van der Waals surface area contributed by atoms with Gasteiger partial charge in [-0.15, -0.1) is 10.2 Å². The van der Waals surface area contributed by atoms with Crippen LogP contribution in [0.25, 0.3) is 0 Å². The van der Waals surface area contributed by atoms with Gasteiger partial charge in [0.05, 0.1) is 0 Å². The summed E-state index contributed by atoms with van der Waals surface area (Å²) in [4.78, 5) is 11.9. The number of aromatic nitrogens is 2. The Bertz CT molecular complexity index is 628. The number of carbonyl (C=O) groups excluding carboxylic acids is 1. The summed E-state index contributed by atoms with van der Waals surface area (Å²) in [6, 6.07) is 11.2. The Morgan fingerprint density at radius 1 is 1.04 bits per heavy atom. The van der Waals surface area contributed by atoms with Gasteiger partial charge in [-0.2, -0.15) is 0 Å². The average molecular weight is 347 g/mol. The van der Waals surface area contributed by atoms with Crippen LogP contribution in [-0.4, -0.2) is 29.2 Å². The van der Waals surface area contributed by atoms with Crippen molar-refractivity contribution in [2.45, 2.75) is 32.6 Å². The van der Waals surface area contributed by atoms with Gasteiger partial charge in [-0.1, -0.05) is 43.5 Å². The Balaban J connectivity index is 1.75. The van der Waals surface area contributed by atoms with Crippen LogP contribution >= 0.6 is 11.6 Å². The van der Waals surface area contributed by atoms with Gasteiger partial charge < -0.3 is 10.6 Å². The predicted molar refractivity (Wildman–Crippen MR) is 97.5 cm³/mol. The van der Waals surface area contributed by atoms with E-state index in [-0.39, 0.29) is 5.91 Å². The van der Waals surface area contributed by atoms with E-state index in [2.05, 4.69) is 27.8 Å². The number of rotatable bonds is 9. The molecule has 2 N–H and O–H groups in total. The number of unbranched alkanes of at least 4 members (excludes halogenated alkanes) is 2. The fourth-order valence-corrected chi connectivity index (χ4v) is 2.33. The monoisotopic (exact) mass is 346 g/mol. The quantitative estimate of drug-likeness (QED) is 0.679. The smallest absolute Gasteiger partial charge is 0.271 e. The zero-order valence-electron chi connectivity index (χ0n) is 13.9. The maximum Gasteiger partial charge on any atom is 0.271 e. The van der Waals surface area contributed by atoms with Crippen molar-refractivity contribution in [3.8, 4) is 0 Å². The minimum atomic E-state index is -0.175. The highest BCUT2D eigenvalue weighted by Crippen LogP contribution is 2.10. The van der Waals surface area contributed by atoms with Crippen LogP contribution in [-0.2, 0) is 6.42 Å². The molecular formula is C18H23ClN4O. The minimum Gasteiger partial charge on any atom is -0.368 e. The molecule has 5 nitrogen and oxygen atoms in total. The molecule has 0 spiro atoms. The highest BCUT2D eigenvalue weighted by atomic mass is 35.5. The molecule has 6 heteroatoms. The molecule has 2 rings (SSSR count). The topological polar surface area (TPSA) is 66.9 Å². The Kier molecular flexibility index (Phi) is 7.49. The average Bonchev–Trinajstić information content (AvgIpc) is 2.61. The maximum absolute atomic E-state index is 11.9. The van der Waals surface area contributed by atoms with Crippen LogP contribution in [0.15, 0.2) is 36.4 Å². The largest absolute Gasteiger partial charge is 0.368 e. The molecule has 1 aromatic carbocycles. The number of anilines is 1. The SMILES string of the molecule is CCCCCNC(=O)c1ccc(NCCc2ccc(Cl)cc2)nn1. The van der Waals surface area contributed by atoms with Crippen LogP contribution in [0.3, 0.4) is 0 Å². The van der Waals surface area contributed by atoms with E-state index in [1.54, 1.807) is 12.1 Å². The number of benzene rings is 1. The summed E-state index contributed by atoms with van der Waals surface area (Å²) in [5, 5.41) is 14.8. The van der Waals surface area contributed by atoms with Crippen molar-refractivity contribution < 1.29 is 4.79 Å². The second-order valence-corrected chi connectivity index (χ2v) is 6.01. The normalized spacial score (nSPS) is 10.4. The van der Waals surface area contributed by atoms with E-state index in [1.807, 2.05) is 24.3 Å². The molecule has 0 aliphatic rings. The Hall–Kier alpha value is -2.14. The zero-order valence-corrected chi connectivity index (χ0v) is 14.6. The van der Waals surface area contributed by atoms with Gasteiger partial charge in [0.25, 0.3) is 5.91 Å². The molecule has 1 heterocycles. The van der Waals surface area contributed by atoms with E-state index >= 15 is 0 Å². The third-order valence-corrected chi connectivity index (χ3v) is 3.85. The van der Waals surface area contributed by atoms with Crippen molar-refractivity contribution in [2.75, 3.05) is 18.4 Å². The number of carbonyl (C=O) groups is 1. The van der Waals surface area contributed by atoms with Crippen molar-refractivity contribution in [3.05, 3.63) is 52.7 Å². The Morgan fingerprint density at radius 3 is 2.50 bits per heavy atom. The summed E-state index contributed by atoms with van der Waals surface area (Å²) < 4.78 is 0. The first-order chi connectivity index (χ1) is 11.7. The van der Waals surface area contributed by atoms with Gasteiger partial charge in [-0.05, 0) is 42.7 Å². The fourth-order valence-electron chi connectivity index (χ4n) is 2.20. The van der Waals surface area contributed by atoms with Gasteiger partial charge in [-0.25, -0.2) is 0 Å². The third-order valence-electron chi connectivity index (χ3n) is 3.60. The second kappa shape index (κ2) is 9.88. The first kappa shape index (κ1) is 18.2. The summed E-state index contributed by atoms with van der Waals surface area (Å²) in [5.74, 6) is 0.484. The lowest BCUT2D eigenvalue weighted by Crippen LogP contribution is -2.25. The summed E-state index contributed by atoms with van der Waals surface area (Å²) >= 11 is 5.86. The molecule has 128 valence electrons.